The molecule has 0 radical (unpaired) electrons. The summed E-state index contributed by atoms with van der Waals surface area (Å²) in [6.07, 6.45) is -0.508. The molecular weight excluding hydrogens is 176 g/mol. The van der Waals surface area contributed by atoms with Crippen LogP contribution in [0.5, 0.6) is 0 Å². The van der Waals surface area contributed by atoms with E-state index in [2.05, 4.69) is 4.74 Å². The lowest BCUT2D eigenvalue weighted by molar-refractivity contribution is -0.145. The first-order valence-electron chi connectivity index (χ1n) is 3.88. The van der Waals surface area contributed by atoms with Gasteiger partial charge in [-0.1, -0.05) is 0 Å². The molecule has 0 aromatic rings. The van der Waals surface area contributed by atoms with E-state index in [0.29, 0.717) is 0 Å². The van der Waals surface area contributed by atoms with Gasteiger partial charge in [-0.15, -0.1) is 0 Å². The molecule has 0 spiro atoms. The summed E-state index contributed by atoms with van der Waals surface area (Å²) in [5.41, 5.74) is 5.01. The van der Waals surface area contributed by atoms with Crippen LogP contribution in [-0.4, -0.2) is 47.8 Å². The number of esters is 1. The van der Waals surface area contributed by atoms with Crippen LogP contribution in [0.25, 0.3) is 0 Å². The van der Waals surface area contributed by atoms with Crippen LogP contribution in [0.3, 0.4) is 0 Å². The molecule has 0 aliphatic carbocycles. The minimum absolute atomic E-state index is 0.0924. The average molecular weight is 188 g/mol. The smallest absolute Gasteiger partial charge is 0.328 e. The monoisotopic (exact) mass is 188 g/mol. The van der Waals surface area contributed by atoms with Crippen LogP contribution >= 0.6 is 0 Å². The first-order valence-corrected chi connectivity index (χ1v) is 3.88. The molecule has 2 atom stereocenters. The molecule has 1 heterocycles. The molecule has 0 saturated carbocycles. The fourth-order valence-electron chi connectivity index (χ4n) is 1.42. The summed E-state index contributed by atoms with van der Waals surface area (Å²) in [6.45, 7) is 0.0924. The van der Waals surface area contributed by atoms with Crippen LogP contribution in [-0.2, 0) is 9.53 Å². The van der Waals surface area contributed by atoms with Crippen LogP contribution in [0, 0.1) is 0 Å². The Morgan fingerprint density at radius 3 is 2.69 bits per heavy atom. The number of primary amides is 1. The molecule has 1 fully saturated rings. The molecule has 13 heavy (non-hydrogen) atoms. The molecule has 0 aromatic heterocycles. The number of carbonyl (C=O) groups excluding carboxylic acids is 2. The molecule has 3 N–H and O–H groups in total. The van der Waals surface area contributed by atoms with Gasteiger partial charge >= 0.3 is 12.0 Å². The van der Waals surface area contributed by atoms with Crippen LogP contribution in [0.15, 0.2) is 0 Å². The molecule has 1 rings (SSSR count). The number of nitrogens with two attached hydrogens (primary N) is 1. The van der Waals surface area contributed by atoms with Crippen LogP contribution in [0.2, 0.25) is 0 Å². The van der Waals surface area contributed by atoms with Crippen molar-refractivity contribution in [2.24, 2.45) is 5.73 Å². The Hall–Kier alpha value is -1.30. The quantitative estimate of drug-likeness (QED) is 0.499. The predicted molar refractivity (Wildman–Crippen MR) is 42.7 cm³/mol. The number of aliphatic hydroxyl groups is 1. The van der Waals surface area contributed by atoms with Crippen molar-refractivity contribution in [3.63, 3.8) is 0 Å². The predicted octanol–water partition coefficient (Wildman–Crippen LogP) is -1.33. The minimum atomic E-state index is -0.738. The topological polar surface area (TPSA) is 92.9 Å². The van der Waals surface area contributed by atoms with Gasteiger partial charge < -0.3 is 20.5 Å². The number of hydrogen-bond donors (Lipinski definition) is 2. The van der Waals surface area contributed by atoms with Crippen molar-refractivity contribution in [1.29, 1.82) is 0 Å². The molecule has 0 aromatic carbocycles. The minimum Gasteiger partial charge on any atom is -0.467 e. The van der Waals surface area contributed by atoms with Gasteiger partial charge in [0.25, 0.3) is 0 Å². The summed E-state index contributed by atoms with van der Waals surface area (Å²) in [6, 6.07) is -1.45. The highest BCUT2D eigenvalue weighted by molar-refractivity contribution is 5.83. The summed E-state index contributed by atoms with van der Waals surface area (Å²) >= 11 is 0. The number of likely N-dealkylation sites (tertiary alicyclic amines) is 1. The number of carbonyl (C=O) groups is 2. The second-order valence-electron chi connectivity index (χ2n) is 2.92. The second kappa shape index (κ2) is 3.61. The van der Waals surface area contributed by atoms with Gasteiger partial charge in [-0.05, 0) is 0 Å². The summed E-state index contributed by atoms with van der Waals surface area (Å²) < 4.78 is 4.46. The number of amides is 2. The van der Waals surface area contributed by atoms with Crippen molar-refractivity contribution in [3.05, 3.63) is 0 Å². The Morgan fingerprint density at radius 2 is 2.23 bits per heavy atom. The van der Waals surface area contributed by atoms with Gasteiger partial charge in [0.2, 0.25) is 0 Å². The molecule has 6 heteroatoms. The van der Waals surface area contributed by atoms with E-state index in [-0.39, 0.29) is 13.0 Å². The number of β-amino-alcohol motifs (C(OH)–C–C–N with tert-alkyl or cyclic N) is 1. The van der Waals surface area contributed by atoms with Crippen LogP contribution in [0.1, 0.15) is 6.42 Å². The Kier molecular flexibility index (Phi) is 2.72. The zero-order chi connectivity index (χ0) is 10.0. The summed E-state index contributed by atoms with van der Waals surface area (Å²) in [7, 11) is 1.23. The molecular formula is C7H12N2O4. The van der Waals surface area contributed by atoms with E-state index in [1.165, 1.54) is 7.11 Å². The lowest BCUT2D eigenvalue weighted by atomic mass is 10.2. The van der Waals surface area contributed by atoms with Gasteiger partial charge in [0.1, 0.15) is 6.04 Å². The summed E-state index contributed by atoms with van der Waals surface area (Å²) in [5, 5.41) is 9.21. The van der Waals surface area contributed by atoms with Crippen molar-refractivity contribution in [2.75, 3.05) is 13.7 Å². The maximum Gasteiger partial charge on any atom is 0.328 e. The highest BCUT2D eigenvalue weighted by Crippen LogP contribution is 2.18. The van der Waals surface area contributed by atoms with E-state index < -0.39 is 24.1 Å². The van der Waals surface area contributed by atoms with E-state index in [1.54, 1.807) is 0 Å². The fourth-order valence-corrected chi connectivity index (χ4v) is 1.42. The normalized spacial score (nSPS) is 27.4. The zero-order valence-corrected chi connectivity index (χ0v) is 7.27. The lowest BCUT2D eigenvalue weighted by Gasteiger charge is -2.19. The van der Waals surface area contributed by atoms with E-state index in [0.717, 1.165) is 4.90 Å². The zero-order valence-electron chi connectivity index (χ0n) is 7.27. The maximum absolute atomic E-state index is 11.1. The van der Waals surface area contributed by atoms with E-state index in [9.17, 15) is 14.7 Å². The molecule has 1 aliphatic heterocycles. The molecule has 0 bridgehead atoms. The number of urea groups is 1. The Morgan fingerprint density at radius 1 is 1.62 bits per heavy atom. The Bertz CT molecular complexity index is 231. The van der Waals surface area contributed by atoms with Crippen LogP contribution < -0.4 is 5.73 Å². The highest BCUT2D eigenvalue weighted by atomic mass is 16.5. The highest BCUT2D eigenvalue weighted by Gasteiger charge is 2.38. The van der Waals surface area contributed by atoms with Crippen molar-refractivity contribution in [2.45, 2.75) is 18.6 Å². The van der Waals surface area contributed by atoms with Gasteiger partial charge in [-0.25, -0.2) is 9.59 Å². The third kappa shape index (κ3) is 1.89. The first-order chi connectivity index (χ1) is 6.06. The third-order valence-electron chi connectivity index (χ3n) is 2.04. The SMILES string of the molecule is COC(=O)C1CC(O)CN1C(N)=O. The Balaban J connectivity index is 2.71. The molecule has 6 nitrogen and oxygen atoms in total. The maximum atomic E-state index is 11.1. The average Bonchev–Trinajstić information content (AvgIpc) is 2.46. The third-order valence-corrected chi connectivity index (χ3v) is 2.04. The van der Waals surface area contributed by atoms with Crippen molar-refractivity contribution < 1.29 is 19.4 Å². The summed E-state index contributed by atoms with van der Waals surface area (Å²) in [4.78, 5) is 23.0. The molecule has 2 unspecified atom stereocenters. The number of nitrogens with zero attached hydrogens (tertiary/aromatic N) is 1. The first kappa shape index (κ1) is 9.79. The number of methoxy groups -OCH3 is 1. The Labute approximate surface area is 75.3 Å². The largest absolute Gasteiger partial charge is 0.467 e. The van der Waals surface area contributed by atoms with Crippen LogP contribution in [0.4, 0.5) is 4.79 Å². The van der Waals surface area contributed by atoms with Crippen molar-refractivity contribution >= 4 is 12.0 Å². The van der Waals surface area contributed by atoms with Gasteiger partial charge in [0, 0.05) is 13.0 Å². The van der Waals surface area contributed by atoms with E-state index in [1.807, 2.05) is 0 Å². The molecule has 74 valence electrons. The number of ether oxygens (including phenoxy) is 1. The second-order valence-corrected chi connectivity index (χ2v) is 2.92. The van der Waals surface area contributed by atoms with Crippen molar-refractivity contribution in [3.8, 4) is 0 Å². The van der Waals surface area contributed by atoms with Gasteiger partial charge in [0.15, 0.2) is 0 Å². The molecule has 1 aliphatic rings. The van der Waals surface area contributed by atoms with Gasteiger partial charge in [0.05, 0.1) is 13.2 Å². The van der Waals surface area contributed by atoms with Crippen molar-refractivity contribution in [1.82, 2.24) is 4.90 Å². The lowest BCUT2D eigenvalue weighted by Crippen LogP contribution is -2.44. The standard InChI is InChI=1S/C7H12N2O4/c1-13-6(11)5-2-4(10)3-9(5)7(8)12/h4-5,10H,2-3H2,1H3,(H2,8,12). The fraction of sp³-hybridized carbons (Fsp3) is 0.714. The number of aliphatic hydroxyl groups excluding tert-OH is 1. The summed E-state index contributed by atoms with van der Waals surface area (Å²) in [5.74, 6) is -0.546. The number of hydrogen-bond acceptors (Lipinski definition) is 4. The van der Waals surface area contributed by atoms with Gasteiger partial charge in [-0.3, -0.25) is 0 Å². The number of rotatable bonds is 1. The van der Waals surface area contributed by atoms with Gasteiger partial charge in [-0.2, -0.15) is 0 Å². The van der Waals surface area contributed by atoms with E-state index >= 15 is 0 Å². The van der Waals surface area contributed by atoms with E-state index in [4.69, 9.17) is 5.73 Å². The molecule has 1 saturated heterocycles. The molecule has 2 amide bonds.